The molecule has 7 heteroatoms. The Morgan fingerprint density at radius 2 is 1.62 bits per heavy atom. The molecule has 29 heavy (non-hydrogen) atoms. The van der Waals surface area contributed by atoms with E-state index in [1.54, 1.807) is 24.3 Å². The highest BCUT2D eigenvalue weighted by Crippen LogP contribution is 2.26. The third-order valence-electron chi connectivity index (χ3n) is 3.84. The standard InChI is InChI=1S/C22H15FINO4/c23-16-9-7-15(8-10-16)21(26)25-19(22(27)28)13-14-5-11-17(12-6-14)29-20-4-2-1-3-18(20)24/h1-13H,(H,25,26)(H,27,28)/b19-13+. The molecular weight excluding hydrogens is 488 g/mol. The molecule has 0 aliphatic heterocycles. The minimum atomic E-state index is -1.29. The molecule has 0 aliphatic rings. The van der Waals surface area contributed by atoms with Gasteiger partial charge in [-0.1, -0.05) is 24.3 Å². The number of para-hydroxylation sites is 1. The SMILES string of the molecule is O=C(O)/C(=C\c1ccc(Oc2ccccc2I)cc1)NC(=O)c1ccc(F)cc1. The Balaban J connectivity index is 1.75. The van der Waals surface area contributed by atoms with E-state index in [1.807, 2.05) is 24.3 Å². The number of carboxylic acids is 1. The van der Waals surface area contributed by atoms with Crippen LogP contribution >= 0.6 is 22.6 Å². The Morgan fingerprint density at radius 3 is 2.24 bits per heavy atom. The average molecular weight is 503 g/mol. The summed E-state index contributed by atoms with van der Waals surface area (Å²) in [4.78, 5) is 23.7. The molecule has 3 aromatic carbocycles. The second-order valence-corrected chi connectivity index (χ2v) is 7.09. The summed E-state index contributed by atoms with van der Waals surface area (Å²) in [5, 5.41) is 11.7. The number of carboxylic acid groups (broad SMARTS) is 1. The summed E-state index contributed by atoms with van der Waals surface area (Å²) in [6.07, 6.45) is 1.33. The minimum Gasteiger partial charge on any atom is -0.477 e. The normalized spacial score (nSPS) is 11.0. The Bertz CT molecular complexity index is 1060. The molecule has 0 saturated carbocycles. The van der Waals surface area contributed by atoms with Gasteiger partial charge in [0, 0.05) is 5.56 Å². The van der Waals surface area contributed by atoms with E-state index < -0.39 is 17.7 Å². The molecule has 0 aliphatic carbocycles. The van der Waals surface area contributed by atoms with Crippen molar-refractivity contribution < 1.29 is 23.8 Å². The molecule has 0 saturated heterocycles. The fourth-order valence-electron chi connectivity index (χ4n) is 2.40. The summed E-state index contributed by atoms with van der Waals surface area (Å²) in [5.74, 6) is -1.10. The van der Waals surface area contributed by atoms with Crippen molar-refractivity contribution in [1.82, 2.24) is 5.32 Å². The van der Waals surface area contributed by atoms with Crippen molar-refractivity contribution in [3.8, 4) is 11.5 Å². The first kappa shape index (κ1) is 20.5. The fourth-order valence-corrected chi connectivity index (χ4v) is 2.90. The van der Waals surface area contributed by atoms with Gasteiger partial charge >= 0.3 is 5.97 Å². The first-order valence-electron chi connectivity index (χ1n) is 8.47. The van der Waals surface area contributed by atoms with Crippen LogP contribution in [0.5, 0.6) is 11.5 Å². The van der Waals surface area contributed by atoms with E-state index in [1.165, 1.54) is 18.2 Å². The summed E-state index contributed by atoms with van der Waals surface area (Å²) >= 11 is 2.17. The van der Waals surface area contributed by atoms with Crippen molar-refractivity contribution >= 4 is 40.5 Å². The van der Waals surface area contributed by atoms with Crippen LogP contribution in [0.25, 0.3) is 6.08 Å². The van der Waals surface area contributed by atoms with Gasteiger partial charge in [0.25, 0.3) is 5.91 Å². The molecule has 0 atom stereocenters. The number of carbonyl (C=O) groups is 2. The predicted octanol–water partition coefficient (Wildman–Crippen LogP) is 5.08. The average Bonchev–Trinajstić information content (AvgIpc) is 2.71. The highest BCUT2D eigenvalue weighted by Gasteiger charge is 2.13. The maximum Gasteiger partial charge on any atom is 0.352 e. The molecule has 3 rings (SSSR count). The zero-order valence-electron chi connectivity index (χ0n) is 14.9. The van der Waals surface area contributed by atoms with Gasteiger partial charge in [-0.15, -0.1) is 0 Å². The smallest absolute Gasteiger partial charge is 0.352 e. The van der Waals surface area contributed by atoms with Gasteiger partial charge in [0.15, 0.2) is 0 Å². The lowest BCUT2D eigenvalue weighted by atomic mass is 10.1. The molecule has 2 N–H and O–H groups in total. The van der Waals surface area contributed by atoms with Crippen molar-refractivity contribution in [2.75, 3.05) is 0 Å². The summed E-state index contributed by atoms with van der Waals surface area (Å²) < 4.78 is 19.7. The number of halogens is 2. The molecule has 5 nitrogen and oxygen atoms in total. The van der Waals surface area contributed by atoms with Crippen LogP contribution in [0.1, 0.15) is 15.9 Å². The van der Waals surface area contributed by atoms with E-state index in [0.29, 0.717) is 17.1 Å². The molecule has 0 spiro atoms. The molecule has 1 amide bonds. The summed E-state index contributed by atoms with van der Waals surface area (Å²) in [5.41, 5.74) is 0.419. The van der Waals surface area contributed by atoms with E-state index >= 15 is 0 Å². The largest absolute Gasteiger partial charge is 0.477 e. The monoisotopic (exact) mass is 503 g/mol. The highest BCUT2D eigenvalue weighted by atomic mass is 127. The lowest BCUT2D eigenvalue weighted by Crippen LogP contribution is -2.27. The van der Waals surface area contributed by atoms with Gasteiger partial charge in [-0.05, 0) is 82.8 Å². The van der Waals surface area contributed by atoms with Crippen molar-refractivity contribution in [2.45, 2.75) is 0 Å². The molecule has 146 valence electrons. The molecule has 0 aromatic heterocycles. The number of nitrogens with one attached hydrogen (secondary N) is 1. The van der Waals surface area contributed by atoms with Gasteiger partial charge in [0.1, 0.15) is 23.0 Å². The van der Waals surface area contributed by atoms with E-state index in [-0.39, 0.29) is 11.3 Å². The second kappa shape index (κ2) is 9.33. The van der Waals surface area contributed by atoms with Crippen LogP contribution in [0.4, 0.5) is 4.39 Å². The Morgan fingerprint density at radius 1 is 0.966 bits per heavy atom. The molecule has 0 radical (unpaired) electrons. The van der Waals surface area contributed by atoms with Crippen molar-refractivity contribution in [3.05, 3.63) is 99.0 Å². The first-order chi connectivity index (χ1) is 13.9. The van der Waals surface area contributed by atoms with Gasteiger partial charge < -0.3 is 15.2 Å². The molecule has 0 unspecified atom stereocenters. The number of hydrogen-bond donors (Lipinski definition) is 2. The van der Waals surface area contributed by atoms with E-state index in [9.17, 15) is 19.1 Å². The zero-order chi connectivity index (χ0) is 20.8. The van der Waals surface area contributed by atoms with Crippen LogP contribution < -0.4 is 10.1 Å². The third-order valence-corrected chi connectivity index (χ3v) is 4.73. The van der Waals surface area contributed by atoms with Gasteiger partial charge in [0.2, 0.25) is 0 Å². The van der Waals surface area contributed by atoms with Crippen LogP contribution in [0, 0.1) is 9.39 Å². The molecule has 0 fully saturated rings. The number of ether oxygens (including phenoxy) is 1. The Hall–Kier alpha value is -3.20. The summed E-state index contributed by atoms with van der Waals surface area (Å²) in [6, 6.07) is 19.1. The molecule has 0 bridgehead atoms. The molecular formula is C22H15FINO4. The number of aliphatic carboxylic acids is 1. The van der Waals surface area contributed by atoms with Gasteiger partial charge in [-0.25, -0.2) is 9.18 Å². The topological polar surface area (TPSA) is 75.6 Å². The maximum absolute atomic E-state index is 13.0. The summed E-state index contributed by atoms with van der Waals surface area (Å²) in [6.45, 7) is 0. The number of carbonyl (C=O) groups excluding carboxylic acids is 1. The van der Waals surface area contributed by atoms with Crippen molar-refractivity contribution in [1.29, 1.82) is 0 Å². The number of benzene rings is 3. The minimum absolute atomic E-state index is 0.153. The molecule has 3 aromatic rings. The number of rotatable bonds is 6. The molecule has 0 heterocycles. The van der Waals surface area contributed by atoms with E-state index in [4.69, 9.17) is 4.74 Å². The quantitative estimate of drug-likeness (QED) is 0.364. The fraction of sp³-hybridized carbons (Fsp3) is 0. The maximum atomic E-state index is 13.0. The van der Waals surface area contributed by atoms with Crippen LogP contribution in [-0.4, -0.2) is 17.0 Å². The van der Waals surface area contributed by atoms with E-state index in [0.717, 1.165) is 15.7 Å². The Kier molecular flexibility index (Phi) is 6.61. The highest BCUT2D eigenvalue weighted by molar-refractivity contribution is 14.1. The van der Waals surface area contributed by atoms with Crippen molar-refractivity contribution in [2.24, 2.45) is 0 Å². The summed E-state index contributed by atoms with van der Waals surface area (Å²) in [7, 11) is 0. The third kappa shape index (κ3) is 5.64. The number of hydrogen-bond acceptors (Lipinski definition) is 3. The van der Waals surface area contributed by atoms with E-state index in [2.05, 4.69) is 27.9 Å². The van der Waals surface area contributed by atoms with Crippen LogP contribution in [-0.2, 0) is 4.79 Å². The van der Waals surface area contributed by atoms with Crippen molar-refractivity contribution in [3.63, 3.8) is 0 Å². The lowest BCUT2D eigenvalue weighted by Gasteiger charge is -2.08. The lowest BCUT2D eigenvalue weighted by molar-refractivity contribution is -0.132. The van der Waals surface area contributed by atoms with Crippen LogP contribution in [0.15, 0.2) is 78.5 Å². The zero-order valence-corrected chi connectivity index (χ0v) is 17.1. The first-order valence-corrected chi connectivity index (χ1v) is 9.54. The van der Waals surface area contributed by atoms with Crippen LogP contribution in [0.2, 0.25) is 0 Å². The van der Waals surface area contributed by atoms with Crippen LogP contribution in [0.3, 0.4) is 0 Å². The predicted molar refractivity (Wildman–Crippen MR) is 115 cm³/mol. The van der Waals surface area contributed by atoms with Gasteiger partial charge in [-0.3, -0.25) is 4.79 Å². The van der Waals surface area contributed by atoms with Gasteiger partial charge in [0.05, 0.1) is 3.57 Å². The number of amides is 1. The van der Waals surface area contributed by atoms with Gasteiger partial charge in [-0.2, -0.15) is 0 Å². The Labute approximate surface area is 180 Å². The second-order valence-electron chi connectivity index (χ2n) is 5.93.